The van der Waals surface area contributed by atoms with Crippen LogP contribution < -0.4 is 10.9 Å². The molecule has 2 heterocycles. The quantitative estimate of drug-likeness (QED) is 0.532. The number of carbonyl (C=O) groups is 2. The summed E-state index contributed by atoms with van der Waals surface area (Å²) >= 11 is 11.6. The fourth-order valence-corrected chi connectivity index (χ4v) is 6.19. The van der Waals surface area contributed by atoms with Crippen LogP contribution in [0.5, 0.6) is 0 Å². The second kappa shape index (κ2) is 11.7. The molecular formula is C23H29Cl2N5O5S. The number of nitrogens with zero attached hydrogens (tertiary/aromatic N) is 4. The highest BCUT2D eigenvalue weighted by Gasteiger charge is 2.35. The minimum atomic E-state index is -3.92. The first-order valence-corrected chi connectivity index (χ1v) is 13.8. The summed E-state index contributed by atoms with van der Waals surface area (Å²) in [6.07, 6.45) is 2.38. The minimum Gasteiger partial charge on any atom is -0.343 e. The Labute approximate surface area is 220 Å². The van der Waals surface area contributed by atoms with Crippen molar-refractivity contribution in [2.75, 3.05) is 31.5 Å². The molecule has 3 rings (SSSR count). The molecule has 0 spiro atoms. The molecule has 1 aromatic carbocycles. The van der Waals surface area contributed by atoms with Gasteiger partial charge in [-0.15, -0.1) is 0 Å². The molecular weight excluding hydrogens is 529 g/mol. The molecule has 1 saturated heterocycles. The van der Waals surface area contributed by atoms with Crippen molar-refractivity contribution in [3.8, 4) is 0 Å². The fraction of sp³-hybridized carbons (Fsp3) is 0.478. The Morgan fingerprint density at radius 1 is 1.22 bits per heavy atom. The molecule has 36 heavy (non-hydrogen) atoms. The van der Waals surface area contributed by atoms with Gasteiger partial charge in [0.05, 0.1) is 22.0 Å². The number of anilines is 1. The van der Waals surface area contributed by atoms with Gasteiger partial charge in [-0.3, -0.25) is 14.4 Å². The van der Waals surface area contributed by atoms with Crippen LogP contribution in [0.25, 0.3) is 0 Å². The van der Waals surface area contributed by atoms with E-state index in [-0.39, 0.29) is 33.1 Å². The topological polar surface area (TPSA) is 122 Å². The number of aryl methyl sites for hydroxylation is 1. The molecule has 1 unspecified atom stereocenters. The van der Waals surface area contributed by atoms with Gasteiger partial charge < -0.3 is 10.2 Å². The van der Waals surface area contributed by atoms with Gasteiger partial charge in [0.1, 0.15) is 11.6 Å². The molecule has 0 saturated carbocycles. The number of rotatable bonds is 8. The number of halogens is 2. The van der Waals surface area contributed by atoms with Crippen molar-refractivity contribution >= 4 is 50.7 Å². The van der Waals surface area contributed by atoms with Crippen LogP contribution in [0.15, 0.2) is 34.1 Å². The zero-order valence-electron chi connectivity index (χ0n) is 20.3. The molecule has 1 aliphatic heterocycles. The van der Waals surface area contributed by atoms with Crippen molar-refractivity contribution in [2.45, 2.75) is 45.1 Å². The second-order valence-corrected chi connectivity index (χ2v) is 11.2. The Balaban J connectivity index is 1.79. The summed E-state index contributed by atoms with van der Waals surface area (Å²) < 4.78 is 29.3. The van der Waals surface area contributed by atoms with E-state index >= 15 is 0 Å². The maximum atomic E-state index is 13.5. The Morgan fingerprint density at radius 2 is 1.92 bits per heavy atom. The molecule has 1 N–H and O–H groups in total. The number of piperidine rings is 1. The number of hydrogen-bond acceptors (Lipinski definition) is 6. The van der Waals surface area contributed by atoms with Gasteiger partial charge in [-0.25, -0.2) is 13.1 Å². The lowest BCUT2D eigenvalue weighted by Crippen LogP contribution is -2.46. The average molecular weight is 558 g/mol. The monoisotopic (exact) mass is 557 g/mol. The van der Waals surface area contributed by atoms with Gasteiger partial charge in [0.2, 0.25) is 21.8 Å². The minimum absolute atomic E-state index is 0.0227. The SMILES string of the molecule is CCN(CC)C(=O)C1CCCN(S(=O)(=O)c2cc(NC(=O)Cn3ncc(Cl)c(Cl)c3=O)ccc2C)C1. The van der Waals surface area contributed by atoms with E-state index in [0.29, 0.717) is 38.0 Å². The molecule has 1 fully saturated rings. The molecule has 1 aromatic heterocycles. The Morgan fingerprint density at radius 3 is 2.58 bits per heavy atom. The summed E-state index contributed by atoms with van der Waals surface area (Å²) in [6, 6.07) is 4.54. The van der Waals surface area contributed by atoms with Crippen molar-refractivity contribution in [3.63, 3.8) is 0 Å². The van der Waals surface area contributed by atoms with E-state index in [1.165, 1.54) is 10.4 Å². The first kappa shape index (κ1) is 28.1. The summed E-state index contributed by atoms with van der Waals surface area (Å²) in [5, 5.41) is 6.11. The van der Waals surface area contributed by atoms with Crippen LogP contribution in [0.4, 0.5) is 5.69 Å². The second-order valence-electron chi connectivity index (χ2n) is 8.51. The van der Waals surface area contributed by atoms with Crippen LogP contribution in [0.2, 0.25) is 10.0 Å². The number of hydrogen-bond donors (Lipinski definition) is 1. The lowest BCUT2D eigenvalue weighted by molar-refractivity contribution is -0.136. The van der Waals surface area contributed by atoms with Crippen molar-refractivity contribution < 1.29 is 18.0 Å². The first-order valence-electron chi connectivity index (χ1n) is 11.6. The third kappa shape index (κ3) is 6.08. The van der Waals surface area contributed by atoms with E-state index in [2.05, 4.69) is 10.4 Å². The number of sulfonamides is 1. The predicted molar refractivity (Wildman–Crippen MR) is 138 cm³/mol. The molecule has 196 valence electrons. The van der Waals surface area contributed by atoms with Gasteiger partial charge in [-0.05, 0) is 51.3 Å². The molecule has 10 nitrogen and oxygen atoms in total. The lowest BCUT2D eigenvalue weighted by Gasteiger charge is -2.34. The van der Waals surface area contributed by atoms with E-state index in [9.17, 15) is 22.8 Å². The normalized spacial score (nSPS) is 16.5. The van der Waals surface area contributed by atoms with Crippen LogP contribution in [0.3, 0.4) is 0 Å². The molecule has 13 heteroatoms. The maximum Gasteiger partial charge on any atom is 0.287 e. The molecule has 2 amide bonds. The standard InChI is InChI=1S/C23H29Cl2N5O5S/c1-4-28(5-2)22(32)16-7-6-10-29(13-16)36(34,35)19-11-17(9-8-15(19)3)27-20(31)14-30-23(33)21(25)18(24)12-26-30/h8-9,11-12,16H,4-7,10,13-14H2,1-3H3,(H,27,31). The number of nitrogens with one attached hydrogen (secondary N) is 1. The van der Waals surface area contributed by atoms with Gasteiger partial charge in [0.25, 0.3) is 5.56 Å². The van der Waals surface area contributed by atoms with Gasteiger partial charge in [0, 0.05) is 31.9 Å². The molecule has 1 aliphatic rings. The molecule has 0 radical (unpaired) electrons. The van der Waals surface area contributed by atoms with Crippen LogP contribution in [0.1, 0.15) is 32.3 Å². The Hall–Kier alpha value is -2.47. The van der Waals surface area contributed by atoms with E-state index in [1.54, 1.807) is 24.0 Å². The van der Waals surface area contributed by atoms with Gasteiger partial charge in [0.15, 0.2) is 0 Å². The Kier molecular flexibility index (Phi) is 9.15. The maximum absolute atomic E-state index is 13.5. The highest BCUT2D eigenvalue weighted by Crippen LogP contribution is 2.28. The molecule has 0 aliphatic carbocycles. The zero-order chi connectivity index (χ0) is 26.6. The number of amides is 2. The van der Waals surface area contributed by atoms with E-state index in [4.69, 9.17) is 23.2 Å². The third-order valence-corrected chi connectivity index (χ3v) is 8.89. The van der Waals surface area contributed by atoms with Crippen LogP contribution in [-0.4, -0.2) is 65.4 Å². The van der Waals surface area contributed by atoms with E-state index in [0.717, 1.165) is 10.9 Å². The third-order valence-electron chi connectivity index (χ3n) is 6.13. The molecule has 0 bridgehead atoms. The molecule has 1 atom stereocenters. The fourth-order valence-electron chi connectivity index (χ4n) is 4.14. The number of benzene rings is 1. The highest BCUT2D eigenvalue weighted by atomic mass is 35.5. The summed E-state index contributed by atoms with van der Waals surface area (Å²) in [4.78, 5) is 39.3. The zero-order valence-corrected chi connectivity index (χ0v) is 22.7. The van der Waals surface area contributed by atoms with Crippen molar-refractivity contribution in [1.29, 1.82) is 0 Å². The van der Waals surface area contributed by atoms with E-state index in [1.807, 2.05) is 13.8 Å². The smallest absolute Gasteiger partial charge is 0.287 e. The van der Waals surface area contributed by atoms with Gasteiger partial charge >= 0.3 is 0 Å². The van der Waals surface area contributed by atoms with Crippen molar-refractivity contribution in [2.24, 2.45) is 5.92 Å². The average Bonchev–Trinajstić information content (AvgIpc) is 2.86. The highest BCUT2D eigenvalue weighted by molar-refractivity contribution is 7.89. The largest absolute Gasteiger partial charge is 0.343 e. The summed E-state index contributed by atoms with van der Waals surface area (Å²) in [6.45, 7) is 6.59. The summed E-state index contributed by atoms with van der Waals surface area (Å²) in [5.74, 6) is -1.03. The van der Waals surface area contributed by atoms with Crippen molar-refractivity contribution in [3.05, 3.63) is 50.4 Å². The van der Waals surface area contributed by atoms with Crippen LogP contribution in [-0.2, 0) is 26.2 Å². The van der Waals surface area contributed by atoms with Crippen molar-refractivity contribution in [1.82, 2.24) is 19.0 Å². The first-order chi connectivity index (χ1) is 17.0. The number of carbonyl (C=O) groups excluding carboxylic acids is 2. The lowest BCUT2D eigenvalue weighted by atomic mass is 9.98. The molecule has 2 aromatic rings. The van der Waals surface area contributed by atoms with Gasteiger partial charge in [-0.2, -0.15) is 9.40 Å². The number of aromatic nitrogens is 2. The summed E-state index contributed by atoms with van der Waals surface area (Å²) in [5.41, 5.74) is 0.0306. The Bertz CT molecular complexity index is 1310. The van der Waals surface area contributed by atoms with Crippen LogP contribution >= 0.6 is 23.2 Å². The van der Waals surface area contributed by atoms with Gasteiger partial charge in [-0.1, -0.05) is 29.3 Å². The van der Waals surface area contributed by atoms with Crippen LogP contribution in [0, 0.1) is 12.8 Å². The predicted octanol–water partition coefficient (Wildman–Crippen LogP) is 2.77. The van der Waals surface area contributed by atoms with E-state index < -0.39 is 34.0 Å². The summed E-state index contributed by atoms with van der Waals surface area (Å²) in [7, 11) is -3.92.